The molecule has 1 amide bonds. The maximum atomic E-state index is 11.9. The van der Waals surface area contributed by atoms with Gasteiger partial charge in [0.2, 0.25) is 11.1 Å². The third-order valence-electron chi connectivity index (χ3n) is 2.90. The Morgan fingerprint density at radius 2 is 2.09 bits per heavy atom. The molecular weight excluding hydrogens is 340 g/mol. The van der Waals surface area contributed by atoms with Gasteiger partial charge in [-0.15, -0.1) is 5.10 Å². The Morgan fingerprint density at radius 3 is 2.65 bits per heavy atom. The number of halogens is 1. The Kier molecular flexibility index (Phi) is 6.00. The number of aliphatic carboxylic acids is 1. The fourth-order valence-corrected chi connectivity index (χ4v) is 2.59. The van der Waals surface area contributed by atoms with Crippen LogP contribution in [0.25, 0.3) is 0 Å². The highest BCUT2D eigenvalue weighted by atomic mass is 35.5. The van der Waals surface area contributed by atoms with Gasteiger partial charge in [0, 0.05) is 11.4 Å². The number of carbonyl (C=O) groups is 2. The van der Waals surface area contributed by atoms with Gasteiger partial charge in [0.25, 0.3) is 0 Å². The Morgan fingerprint density at radius 1 is 1.39 bits per heavy atom. The summed E-state index contributed by atoms with van der Waals surface area (Å²) in [5.74, 6) is -0.785. The first-order chi connectivity index (χ1) is 10.9. The minimum Gasteiger partial charge on any atom is -0.480 e. The lowest BCUT2D eigenvalue weighted by molar-refractivity contribution is -0.141. The molecule has 9 heteroatoms. The summed E-state index contributed by atoms with van der Waals surface area (Å²) in [5.41, 5.74) is 0.777. The number of rotatable bonds is 7. The van der Waals surface area contributed by atoms with Gasteiger partial charge < -0.3 is 10.4 Å². The summed E-state index contributed by atoms with van der Waals surface area (Å²) < 4.78 is 0. The van der Waals surface area contributed by atoms with Gasteiger partial charge >= 0.3 is 5.97 Å². The minimum atomic E-state index is -1.09. The quantitative estimate of drug-likeness (QED) is 0.653. The number of nitrogens with zero attached hydrogens (tertiary/aromatic N) is 2. The molecule has 0 bridgehead atoms. The van der Waals surface area contributed by atoms with E-state index in [1.165, 1.54) is 0 Å². The molecule has 1 aromatic carbocycles. The molecule has 0 aliphatic rings. The van der Waals surface area contributed by atoms with Crippen molar-refractivity contribution in [2.75, 3.05) is 5.75 Å². The molecule has 1 aromatic heterocycles. The highest BCUT2D eigenvalue weighted by molar-refractivity contribution is 7.99. The van der Waals surface area contributed by atoms with Crippen molar-refractivity contribution in [2.24, 2.45) is 0 Å². The van der Waals surface area contributed by atoms with Crippen molar-refractivity contribution < 1.29 is 14.7 Å². The minimum absolute atomic E-state index is 0.0433. The molecule has 23 heavy (non-hydrogen) atoms. The third-order valence-corrected chi connectivity index (χ3v) is 3.99. The Hall–Kier alpha value is -2.06. The van der Waals surface area contributed by atoms with Gasteiger partial charge in [0.05, 0.1) is 5.75 Å². The zero-order valence-electron chi connectivity index (χ0n) is 12.2. The molecule has 0 aliphatic carbocycles. The van der Waals surface area contributed by atoms with Crippen LogP contribution in [0.3, 0.4) is 0 Å². The van der Waals surface area contributed by atoms with Crippen LogP contribution in [0.4, 0.5) is 0 Å². The Bertz CT molecular complexity index is 690. The van der Waals surface area contributed by atoms with Gasteiger partial charge in [-0.1, -0.05) is 35.5 Å². The third kappa shape index (κ3) is 5.57. The first kappa shape index (κ1) is 17.3. The van der Waals surface area contributed by atoms with Crippen LogP contribution in [-0.2, 0) is 16.0 Å². The molecule has 2 rings (SSSR count). The van der Waals surface area contributed by atoms with Crippen LogP contribution in [0.5, 0.6) is 0 Å². The van der Waals surface area contributed by atoms with Gasteiger partial charge in [-0.25, -0.2) is 9.78 Å². The van der Waals surface area contributed by atoms with Crippen LogP contribution < -0.4 is 5.32 Å². The van der Waals surface area contributed by atoms with Crippen molar-refractivity contribution in [2.45, 2.75) is 24.5 Å². The molecule has 0 saturated carbocycles. The van der Waals surface area contributed by atoms with Gasteiger partial charge in [0.15, 0.2) is 0 Å². The predicted molar refractivity (Wildman–Crippen MR) is 86.6 cm³/mol. The molecule has 1 heterocycles. The van der Waals surface area contributed by atoms with E-state index in [0.29, 0.717) is 16.0 Å². The normalized spacial score (nSPS) is 11.9. The number of carboxylic acids is 1. The second-order valence-electron chi connectivity index (χ2n) is 4.78. The molecule has 0 spiro atoms. The topological polar surface area (TPSA) is 108 Å². The molecule has 0 unspecified atom stereocenters. The average Bonchev–Trinajstić information content (AvgIpc) is 2.92. The molecular formula is C14H15ClN4O3S. The monoisotopic (exact) mass is 354 g/mol. The van der Waals surface area contributed by atoms with E-state index in [4.69, 9.17) is 11.6 Å². The molecule has 0 radical (unpaired) electrons. The van der Waals surface area contributed by atoms with Crippen LogP contribution in [0.15, 0.2) is 29.4 Å². The smallest absolute Gasteiger partial charge is 0.326 e. The van der Waals surface area contributed by atoms with Gasteiger partial charge in [0.1, 0.15) is 11.9 Å². The predicted octanol–water partition coefficient (Wildman–Crippen LogP) is 1.67. The highest BCUT2D eigenvalue weighted by Crippen LogP contribution is 2.13. The molecule has 7 nitrogen and oxygen atoms in total. The maximum Gasteiger partial charge on any atom is 0.326 e. The lowest BCUT2D eigenvalue weighted by Crippen LogP contribution is -2.43. The number of H-pyrrole nitrogens is 1. The summed E-state index contributed by atoms with van der Waals surface area (Å²) in [4.78, 5) is 27.3. The summed E-state index contributed by atoms with van der Waals surface area (Å²) in [6.07, 6.45) is 0.183. The van der Waals surface area contributed by atoms with Crippen molar-refractivity contribution in [1.82, 2.24) is 20.5 Å². The van der Waals surface area contributed by atoms with Crippen LogP contribution in [-0.4, -0.2) is 44.0 Å². The molecule has 122 valence electrons. The van der Waals surface area contributed by atoms with Crippen LogP contribution in [0.1, 0.15) is 11.4 Å². The number of nitrogens with one attached hydrogen (secondary N) is 2. The molecule has 0 saturated heterocycles. The Labute approximate surface area is 141 Å². The van der Waals surface area contributed by atoms with Gasteiger partial charge in [-0.3, -0.25) is 9.89 Å². The van der Waals surface area contributed by atoms with Crippen molar-refractivity contribution in [3.8, 4) is 0 Å². The zero-order valence-corrected chi connectivity index (χ0v) is 13.8. The second kappa shape index (κ2) is 7.98. The Balaban J connectivity index is 1.89. The van der Waals surface area contributed by atoms with Crippen molar-refractivity contribution >= 4 is 35.2 Å². The van der Waals surface area contributed by atoms with Gasteiger partial charge in [-0.05, 0) is 24.6 Å². The first-order valence-electron chi connectivity index (χ1n) is 6.72. The maximum absolute atomic E-state index is 11.9. The fraction of sp³-hybridized carbons (Fsp3) is 0.286. The standard InChI is InChI=1S/C14H15ClN4O3S/c1-8-16-14(19-18-8)23-7-12(20)17-11(13(21)22)6-9-2-4-10(15)5-3-9/h2-5,11H,6-7H2,1H3,(H,17,20)(H,21,22)(H,16,18,19)/t11-/m1/s1. The molecule has 0 aliphatic heterocycles. The number of carboxylic acid groups (broad SMARTS) is 1. The fourth-order valence-electron chi connectivity index (χ4n) is 1.81. The van der Waals surface area contributed by atoms with Crippen LogP contribution in [0.2, 0.25) is 5.02 Å². The SMILES string of the molecule is Cc1nc(SCC(=O)N[C@H](Cc2ccc(Cl)cc2)C(=O)O)n[nH]1. The molecule has 0 fully saturated rings. The number of thioether (sulfide) groups is 1. The van der Waals surface area contributed by atoms with Gasteiger partial charge in [-0.2, -0.15) is 0 Å². The number of carbonyl (C=O) groups excluding carboxylic acids is 1. The zero-order chi connectivity index (χ0) is 16.8. The highest BCUT2D eigenvalue weighted by Gasteiger charge is 2.20. The van der Waals surface area contributed by atoms with E-state index in [9.17, 15) is 14.7 Å². The average molecular weight is 355 g/mol. The number of aryl methyl sites for hydroxylation is 1. The lowest BCUT2D eigenvalue weighted by atomic mass is 10.1. The molecule has 3 N–H and O–H groups in total. The van der Waals surface area contributed by atoms with Crippen LogP contribution in [0, 0.1) is 6.92 Å². The first-order valence-corrected chi connectivity index (χ1v) is 8.09. The van der Waals surface area contributed by atoms with E-state index in [2.05, 4.69) is 20.5 Å². The molecule has 2 aromatic rings. The molecule has 1 atom stereocenters. The van der Waals surface area contributed by atoms with E-state index in [1.807, 2.05) is 0 Å². The number of aromatic amines is 1. The number of amides is 1. The number of aromatic nitrogens is 3. The van der Waals surface area contributed by atoms with Crippen molar-refractivity contribution in [3.05, 3.63) is 40.7 Å². The lowest BCUT2D eigenvalue weighted by Gasteiger charge is -2.14. The van der Waals surface area contributed by atoms with Crippen molar-refractivity contribution in [1.29, 1.82) is 0 Å². The second-order valence-corrected chi connectivity index (χ2v) is 6.16. The van der Waals surface area contributed by atoms with E-state index >= 15 is 0 Å². The van der Waals surface area contributed by atoms with Crippen molar-refractivity contribution in [3.63, 3.8) is 0 Å². The summed E-state index contributed by atoms with van der Waals surface area (Å²) >= 11 is 6.93. The number of benzene rings is 1. The largest absolute Gasteiger partial charge is 0.480 e. The summed E-state index contributed by atoms with van der Waals surface area (Å²) in [6.45, 7) is 1.75. The number of hydrogen-bond donors (Lipinski definition) is 3. The summed E-state index contributed by atoms with van der Waals surface area (Å²) in [5, 5.41) is 19.3. The van der Waals surface area contributed by atoms with E-state index < -0.39 is 12.0 Å². The summed E-state index contributed by atoms with van der Waals surface area (Å²) in [7, 11) is 0. The van der Waals surface area contributed by atoms with E-state index in [-0.39, 0.29) is 18.1 Å². The summed E-state index contributed by atoms with van der Waals surface area (Å²) in [6, 6.07) is 5.82. The van der Waals surface area contributed by atoms with Crippen LogP contribution >= 0.6 is 23.4 Å². The van der Waals surface area contributed by atoms with E-state index in [1.54, 1.807) is 31.2 Å². The van der Waals surface area contributed by atoms with E-state index in [0.717, 1.165) is 17.3 Å². The number of hydrogen-bond acceptors (Lipinski definition) is 5.